The van der Waals surface area contributed by atoms with Gasteiger partial charge >= 0.3 is 0 Å². The third-order valence-electron chi connectivity index (χ3n) is 4.14. The summed E-state index contributed by atoms with van der Waals surface area (Å²) in [4.78, 5) is 2.57. The van der Waals surface area contributed by atoms with E-state index in [4.69, 9.17) is 4.74 Å². The van der Waals surface area contributed by atoms with Crippen LogP contribution in [-0.2, 0) is 14.8 Å². The van der Waals surface area contributed by atoms with Gasteiger partial charge in [-0.2, -0.15) is 9.40 Å². The van der Waals surface area contributed by atoms with E-state index in [0.29, 0.717) is 19.2 Å². The molecule has 2 fully saturated rings. The highest BCUT2D eigenvalue weighted by atomic mass is 32.2. The first-order valence-electron chi connectivity index (χ1n) is 7.49. The number of nitrogens with one attached hydrogen (secondary N) is 1. The van der Waals surface area contributed by atoms with Crippen LogP contribution in [0.3, 0.4) is 0 Å². The molecule has 7 nitrogen and oxygen atoms in total. The summed E-state index contributed by atoms with van der Waals surface area (Å²) in [6, 6.07) is 0. The predicted molar refractivity (Wildman–Crippen MR) is 77.4 cm³/mol. The highest BCUT2D eigenvalue weighted by Crippen LogP contribution is 2.18. The van der Waals surface area contributed by atoms with E-state index in [2.05, 4.69) is 15.1 Å². The molecule has 2 aliphatic rings. The summed E-state index contributed by atoms with van der Waals surface area (Å²) in [6.07, 6.45) is 6.23. The lowest BCUT2D eigenvalue weighted by atomic mass is 10.2. The number of aromatic amines is 1. The molecule has 0 aliphatic carbocycles. The fraction of sp³-hybridized carbons (Fsp3) is 0.769. The maximum Gasteiger partial charge on any atom is 0.246 e. The Balaban J connectivity index is 1.60. The van der Waals surface area contributed by atoms with Gasteiger partial charge in [-0.05, 0) is 25.8 Å². The molecule has 8 heteroatoms. The molecule has 1 atom stereocenters. The quantitative estimate of drug-likeness (QED) is 0.864. The maximum atomic E-state index is 12.5. The highest BCUT2D eigenvalue weighted by Gasteiger charge is 2.28. The Morgan fingerprint density at radius 3 is 2.90 bits per heavy atom. The summed E-state index contributed by atoms with van der Waals surface area (Å²) in [7, 11) is -3.41. The van der Waals surface area contributed by atoms with E-state index < -0.39 is 10.0 Å². The number of rotatable bonds is 4. The molecule has 0 radical (unpaired) electrons. The second-order valence-electron chi connectivity index (χ2n) is 5.63. The first-order chi connectivity index (χ1) is 10.2. The molecular weight excluding hydrogens is 292 g/mol. The van der Waals surface area contributed by atoms with Crippen molar-refractivity contribution in [3.05, 3.63) is 12.4 Å². The first kappa shape index (κ1) is 15.0. The largest absolute Gasteiger partial charge is 0.377 e. The van der Waals surface area contributed by atoms with Crippen molar-refractivity contribution in [3.8, 4) is 0 Å². The van der Waals surface area contributed by atoms with Crippen LogP contribution in [0.5, 0.6) is 0 Å². The Labute approximate surface area is 125 Å². The summed E-state index contributed by atoms with van der Waals surface area (Å²) in [5, 5.41) is 6.30. The van der Waals surface area contributed by atoms with Crippen molar-refractivity contribution >= 4 is 10.0 Å². The van der Waals surface area contributed by atoms with Gasteiger partial charge in [-0.15, -0.1) is 0 Å². The van der Waals surface area contributed by atoms with Crippen LogP contribution >= 0.6 is 0 Å². The third-order valence-corrected chi connectivity index (χ3v) is 6.01. The minimum Gasteiger partial charge on any atom is -0.377 e. The normalized spacial score (nSPS) is 26.0. The van der Waals surface area contributed by atoms with Crippen LogP contribution in [0.2, 0.25) is 0 Å². The summed E-state index contributed by atoms with van der Waals surface area (Å²) in [5.41, 5.74) is 0. The highest BCUT2D eigenvalue weighted by molar-refractivity contribution is 7.89. The molecular formula is C13H22N4O3S. The number of ether oxygens (including phenoxy) is 1. The van der Waals surface area contributed by atoms with Crippen LogP contribution in [0.15, 0.2) is 17.3 Å². The monoisotopic (exact) mass is 314 g/mol. The summed E-state index contributed by atoms with van der Waals surface area (Å²) < 4.78 is 32.2. The molecule has 0 bridgehead atoms. The molecule has 0 amide bonds. The maximum absolute atomic E-state index is 12.5. The Bertz CT molecular complexity index is 540. The van der Waals surface area contributed by atoms with Gasteiger partial charge in [0.05, 0.1) is 12.3 Å². The van der Waals surface area contributed by atoms with Gasteiger partial charge < -0.3 is 4.74 Å². The van der Waals surface area contributed by atoms with Gasteiger partial charge in [-0.3, -0.25) is 10.00 Å². The SMILES string of the molecule is O=S(=O)(c1cn[nH]c1)N1CCCN(CC2CCCO2)CC1. The second kappa shape index (κ2) is 6.43. The summed E-state index contributed by atoms with van der Waals surface area (Å²) in [6.45, 7) is 4.56. The molecule has 1 aromatic heterocycles. The molecule has 1 aromatic rings. The lowest BCUT2D eigenvalue weighted by Gasteiger charge is -2.23. The van der Waals surface area contributed by atoms with Crippen molar-refractivity contribution in [1.29, 1.82) is 0 Å². The minimum absolute atomic E-state index is 0.245. The zero-order valence-corrected chi connectivity index (χ0v) is 12.9. The average molecular weight is 314 g/mol. The predicted octanol–water partition coefficient (Wildman–Crippen LogP) is 0.285. The molecule has 118 valence electrons. The van der Waals surface area contributed by atoms with Gasteiger partial charge in [0.25, 0.3) is 0 Å². The molecule has 0 saturated carbocycles. The van der Waals surface area contributed by atoms with Gasteiger partial charge in [-0.25, -0.2) is 8.42 Å². The van der Waals surface area contributed by atoms with E-state index in [1.54, 1.807) is 4.31 Å². The molecule has 1 unspecified atom stereocenters. The number of hydrogen-bond donors (Lipinski definition) is 1. The average Bonchev–Trinajstić information content (AvgIpc) is 3.10. The Kier molecular flexibility index (Phi) is 4.58. The number of nitrogens with zero attached hydrogens (tertiary/aromatic N) is 3. The number of aromatic nitrogens is 2. The van der Waals surface area contributed by atoms with Gasteiger partial charge in [0.15, 0.2) is 0 Å². The van der Waals surface area contributed by atoms with Crippen LogP contribution < -0.4 is 0 Å². The topological polar surface area (TPSA) is 78.5 Å². The summed E-state index contributed by atoms with van der Waals surface area (Å²) in [5.74, 6) is 0. The number of sulfonamides is 1. The van der Waals surface area contributed by atoms with Crippen LogP contribution in [0.4, 0.5) is 0 Å². The van der Waals surface area contributed by atoms with Gasteiger partial charge in [-0.1, -0.05) is 0 Å². The van der Waals surface area contributed by atoms with Crippen molar-refractivity contribution < 1.29 is 13.2 Å². The van der Waals surface area contributed by atoms with Crippen molar-refractivity contribution in [2.75, 3.05) is 39.3 Å². The van der Waals surface area contributed by atoms with E-state index in [1.165, 1.54) is 12.4 Å². The van der Waals surface area contributed by atoms with Crippen LogP contribution in [0.25, 0.3) is 0 Å². The van der Waals surface area contributed by atoms with E-state index >= 15 is 0 Å². The smallest absolute Gasteiger partial charge is 0.246 e. The molecule has 2 aliphatic heterocycles. The van der Waals surface area contributed by atoms with Crippen LogP contribution in [0.1, 0.15) is 19.3 Å². The first-order valence-corrected chi connectivity index (χ1v) is 8.93. The van der Waals surface area contributed by atoms with E-state index in [9.17, 15) is 8.42 Å². The number of H-pyrrole nitrogens is 1. The minimum atomic E-state index is -3.41. The van der Waals surface area contributed by atoms with Crippen molar-refractivity contribution in [3.63, 3.8) is 0 Å². The Hall–Kier alpha value is -0.960. The van der Waals surface area contributed by atoms with Crippen molar-refractivity contribution in [2.45, 2.75) is 30.3 Å². The molecule has 2 saturated heterocycles. The molecule has 3 heterocycles. The zero-order chi connectivity index (χ0) is 14.7. The zero-order valence-electron chi connectivity index (χ0n) is 12.1. The standard InChI is InChI=1S/C13H22N4O3S/c18-21(19,13-9-14-15-10-13)17-5-2-4-16(6-7-17)11-12-3-1-8-20-12/h9-10,12H,1-8,11H2,(H,14,15). The van der Waals surface area contributed by atoms with E-state index in [0.717, 1.165) is 45.5 Å². The molecule has 1 N–H and O–H groups in total. The van der Waals surface area contributed by atoms with Crippen LogP contribution in [-0.4, -0.2) is 73.3 Å². The fourth-order valence-electron chi connectivity index (χ4n) is 2.98. The van der Waals surface area contributed by atoms with Crippen molar-refractivity contribution in [1.82, 2.24) is 19.4 Å². The lowest BCUT2D eigenvalue weighted by molar-refractivity contribution is 0.0749. The molecule has 0 spiro atoms. The molecule has 0 aromatic carbocycles. The van der Waals surface area contributed by atoms with Gasteiger partial charge in [0, 0.05) is 39.0 Å². The van der Waals surface area contributed by atoms with E-state index in [1.807, 2.05) is 0 Å². The summed E-state index contributed by atoms with van der Waals surface area (Å²) >= 11 is 0. The van der Waals surface area contributed by atoms with Crippen LogP contribution in [0, 0.1) is 0 Å². The fourth-order valence-corrected chi connectivity index (χ4v) is 4.35. The lowest BCUT2D eigenvalue weighted by Crippen LogP contribution is -2.37. The third kappa shape index (κ3) is 3.45. The second-order valence-corrected chi connectivity index (χ2v) is 7.57. The van der Waals surface area contributed by atoms with Gasteiger partial charge in [0.2, 0.25) is 10.0 Å². The molecule has 3 rings (SSSR count). The van der Waals surface area contributed by atoms with E-state index in [-0.39, 0.29) is 4.90 Å². The van der Waals surface area contributed by atoms with Crippen molar-refractivity contribution in [2.24, 2.45) is 0 Å². The Morgan fingerprint density at radius 2 is 2.19 bits per heavy atom. The van der Waals surface area contributed by atoms with Gasteiger partial charge in [0.1, 0.15) is 4.90 Å². The number of hydrogen-bond acceptors (Lipinski definition) is 5. The Morgan fingerprint density at radius 1 is 1.29 bits per heavy atom. The molecule has 21 heavy (non-hydrogen) atoms.